The van der Waals surface area contributed by atoms with Crippen LogP contribution in [0.3, 0.4) is 0 Å². The number of rotatable bonds is 6. The fraction of sp³-hybridized carbons (Fsp3) is 0.667. The molecule has 0 saturated heterocycles. The summed E-state index contributed by atoms with van der Waals surface area (Å²) >= 11 is 0. The molecule has 0 atom stereocenters. The lowest BCUT2D eigenvalue weighted by Crippen LogP contribution is -2.35. The molecule has 3 heteroatoms. The molecule has 2 rings (SSSR count). The van der Waals surface area contributed by atoms with Gasteiger partial charge in [-0.1, -0.05) is 25.8 Å². The van der Waals surface area contributed by atoms with Crippen molar-refractivity contribution >= 4 is 5.82 Å². The molecule has 0 unspecified atom stereocenters. The Bertz CT molecular complexity index is 359. The van der Waals surface area contributed by atoms with Crippen LogP contribution in [0.4, 0.5) is 5.82 Å². The van der Waals surface area contributed by atoms with Crippen LogP contribution in [0, 0.1) is 0 Å². The Morgan fingerprint density at radius 2 is 2.11 bits per heavy atom. The molecule has 0 aromatic carbocycles. The average Bonchev–Trinajstić information content (AvgIpc) is 2.92. The van der Waals surface area contributed by atoms with Crippen molar-refractivity contribution < 1.29 is 0 Å². The monoisotopic (exact) mass is 247 g/mol. The third kappa shape index (κ3) is 3.02. The van der Waals surface area contributed by atoms with Gasteiger partial charge >= 0.3 is 0 Å². The Kier molecular flexibility index (Phi) is 5.00. The molecule has 3 nitrogen and oxygen atoms in total. The first kappa shape index (κ1) is 13.3. The van der Waals surface area contributed by atoms with Crippen molar-refractivity contribution in [2.45, 2.75) is 52.1 Å². The SMILES string of the molecule is CCNCc1cccnc1N(CC)C1CCCC1. The van der Waals surface area contributed by atoms with E-state index in [1.165, 1.54) is 37.1 Å². The molecular formula is C15H25N3. The van der Waals surface area contributed by atoms with Gasteiger partial charge in [-0.25, -0.2) is 4.98 Å². The van der Waals surface area contributed by atoms with Crippen LogP contribution in [0.5, 0.6) is 0 Å². The minimum Gasteiger partial charge on any atom is -0.354 e. The highest BCUT2D eigenvalue weighted by Gasteiger charge is 2.23. The first-order valence-corrected chi connectivity index (χ1v) is 7.28. The van der Waals surface area contributed by atoms with Gasteiger partial charge in [0, 0.05) is 30.9 Å². The minimum absolute atomic E-state index is 0.699. The van der Waals surface area contributed by atoms with Crippen LogP contribution in [-0.4, -0.2) is 24.1 Å². The van der Waals surface area contributed by atoms with E-state index in [4.69, 9.17) is 0 Å². The van der Waals surface area contributed by atoms with E-state index in [0.717, 1.165) is 19.6 Å². The van der Waals surface area contributed by atoms with Crippen LogP contribution in [0.1, 0.15) is 45.1 Å². The Morgan fingerprint density at radius 3 is 2.78 bits per heavy atom. The zero-order valence-corrected chi connectivity index (χ0v) is 11.7. The molecular weight excluding hydrogens is 222 g/mol. The number of pyridine rings is 1. The largest absolute Gasteiger partial charge is 0.354 e. The predicted molar refractivity (Wildman–Crippen MR) is 76.9 cm³/mol. The fourth-order valence-electron chi connectivity index (χ4n) is 2.88. The molecule has 1 fully saturated rings. The van der Waals surface area contributed by atoms with Crippen LogP contribution in [-0.2, 0) is 6.54 Å². The molecule has 0 aliphatic heterocycles. The van der Waals surface area contributed by atoms with E-state index in [1.807, 2.05) is 12.3 Å². The van der Waals surface area contributed by atoms with Crippen LogP contribution in [0.25, 0.3) is 0 Å². The standard InChI is InChI=1S/C15H25N3/c1-3-16-12-13-8-7-11-17-15(13)18(4-2)14-9-5-6-10-14/h7-8,11,14,16H,3-6,9-10,12H2,1-2H3. The highest BCUT2D eigenvalue weighted by atomic mass is 15.2. The van der Waals surface area contributed by atoms with E-state index in [1.54, 1.807) is 0 Å². The number of anilines is 1. The smallest absolute Gasteiger partial charge is 0.133 e. The van der Waals surface area contributed by atoms with E-state index >= 15 is 0 Å². The number of hydrogen-bond donors (Lipinski definition) is 1. The van der Waals surface area contributed by atoms with Crippen molar-refractivity contribution in [3.63, 3.8) is 0 Å². The molecule has 1 aromatic rings. The zero-order chi connectivity index (χ0) is 12.8. The third-order valence-corrected chi connectivity index (χ3v) is 3.81. The molecule has 0 amide bonds. The van der Waals surface area contributed by atoms with Gasteiger partial charge in [-0.15, -0.1) is 0 Å². The quantitative estimate of drug-likeness (QED) is 0.837. The van der Waals surface area contributed by atoms with Gasteiger partial charge in [0.05, 0.1) is 0 Å². The fourth-order valence-corrected chi connectivity index (χ4v) is 2.88. The second-order valence-corrected chi connectivity index (χ2v) is 4.99. The summed E-state index contributed by atoms with van der Waals surface area (Å²) in [4.78, 5) is 7.13. The highest BCUT2D eigenvalue weighted by molar-refractivity contribution is 5.47. The molecule has 100 valence electrons. The Balaban J connectivity index is 2.17. The van der Waals surface area contributed by atoms with Crippen LogP contribution in [0.2, 0.25) is 0 Å². The molecule has 0 radical (unpaired) electrons. The molecule has 1 N–H and O–H groups in total. The molecule has 1 aromatic heterocycles. The number of hydrogen-bond acceptors (Lipinski definition) is 3. The summed E-state index contributed by atoms with van der Waals surface area (Å²) in [5, 5.41) is 3.41. The van der Waals surface area contributed by atoms with E-state index < -0.39 is 0 Å². The van der Waals surface area contributed by atoms with Crippen molar-refractivity contribution in [3.05, 3.63) is 23.9 Å². The van der Waals surface area contributed by atoms with Crippen molar-refractivity contribution in [1.29, 1.82) is 0 Å². The predicted octanol–water partition coefficient (Wildman–Crippen LogP) is 2.96. The van der Waals surface area contributed by atoms with E-state index in [9.17, 15) is 0 Å². The molecule has 0 spiro atoms. The summed E-state index contributed by atoms with van der Waals surface area (Å²) in [6, 6.07) is 4.94. The maximum Gasteiger partial charge on any atom is 0.133 e. The summed E-state index contributed by atoms with van der Waals surface area (Å²) in [6.07, 6.45) is 7.31. The maximum atomic E-state index is 4.63. The van der Waals surface area contributed by atoms with Crippen molar-refractivity contribution in [3.8, 4) is 0 Å². The van der Waals surface area contributed by atoms with E-state index in [-0.39, 0.29) is 0 Å². The summed E-state index contributed by atoms with van der Waals surface area (Å²) in [5.74, 6) is 1.19. The lowest BCUT2D eigenvalue weighted by Gasteiger charge is -2.30. The highest BCUT2D eigenvalue weighted by Crippen LogP contribution is 2.28. The van der Waals surface area contributed by atoms with Gasteiger partial charge in [0.1, 0.15) is 5.82 Å². The molecule has 18 heavy (non-hydrogen) atoms. The second kappa shape index (κ2) is 6.74. The zero-order valence-electron chi connectivity index (χ0n) is 11.7. The molecule has 1 aliphatic carbocycles. The van der Waals surface area contributed by atoms with E-state index in [0.29, 0.717) is 6.04 Å². The van der Waals surface area contributed by atoms with Gasteiger partial charge in [0.2, 0.25) is 0 Å². The van der Waals surface area contributed by atoms with Crippen molar-refractivity contribution in [2.75, 3.05) is 18.0 Å². The summed E-state index contributed by atoms with van der Waals surface area (Å²) in [6.45, 7) is 7.36. The van der Waals surface area contributed by atoms with Gasteiger partial charge in [0.15, 0.2) is 0 Å². The van der Waals surface area contributed by atoms with Gasteiger partial charge in [-0.05, 0) is 32.4 Å². The number of nitrogens with one attached hydrogen (secondary N) is 1. The maximum absolute atomic E-state index is 4.63. The van der Waals surface area contributed by atoms with Crippen molar-refractivity contribution in [1.82, 2.24) is 10.3 Å². The Hall–Kier alpha value is -1.09. The lowest BCUT2D eigenvalue weighted by atomic mass is 10.1. The van der Waals surface area contributed by atoms with Crippen LogP contribution < -0.4 is 10.2 Å². The van der Waals surface area contributed by atoms with Gasteiger partial charge in [-0.3, -0.25) is 0 Å². The van der Waals surface area contributed by atoms with Crippen molar-refractivity contribution in [2.24, 2.45) is 0 Å². The molecule has 0 bridgehead atoms. The normalized spacial score (nSPS) is 16.1. The van der Waals surface area contributed by atoms with Gasteiger partial charge < -0.3 is 10.2 Å². The topological polar surface area (TPSA) is 28.2 Å². The Labute approximate surface area is 111 Å². The van der Waals surface area contributed by atoms with Crippen LogP contribution >= 0.6 is 0 Å². The summed E-state index contributed by atoms with van der Waals surface area (Å²) < 4.78 is 0. The summed E-state index contributed by atoms with van der Waals surface area (Å²) in [5.41, 5.74) is 1.33. The number of nitrogens with zero attached hydrogens (tertiary/aromatic N) is 2. The first-order chi connectivity index (χ1) is 8.86. The second-order valence-electron chi connectivity index (χ2n) is 4.99. The Morgan fingerprint density at radius 1 is 1.33 bits per heavy atom. The van der Waals surface area contributed by atoms with Crippen LogP contribution in [0.15, 0.2) is 18.3 Å². The van der Waals surface area contributed by atoms with Gasteiger partial charge in [0.25, 0.3) is 0 Å². The summed E-state index contributed by atoms with van der Waals surface area (Å²) in [7, 11) is 0. The van der Waals surface area contributed by atoms with Gasteiger partial charge in [-0.2, -0.15) is 0 Å². The first-order valence-electron chi connectivity index (χ1n) is 7.28. The molecule has 1 saturated carbocycles. The molecule has 1 aliphatic rings. The lowest BCUT2D eigenvalue weighted by molar-refractivity contribution is 0.606. The van der Waals surface area contributed by atoms with E-state index in [2.05, 4.69) is 35.1 Å². The average molecular weight is 247 g/mol. The minimum atomic E-state index is 0.699. The number of aromatic nitrogens is 1. The third-order valence-electron chi connectivity index (χ3n) is 3.81. The molecule has 1 heterocycles.